The Morgan fingerprint density at radius 1 is 0.607 bits per heavy atom. The summed E-state index contributed by atoms with van der Waals surface area (Å²) in [4.78, 5) is 10.3. The standard InChI is InChI=1S/C14H28O2.3C2H7NO/c1-2-3-4-5-6-7-8-9-10-11-12-13-14(15)16;3*3-1-2-4/h2-13H2,1H3,(H,15,16);3*4H,1-3H2. The van der Waals surface area contributed by atoms with E-state index in [1.807, 2.05) is 0 Å². The summed E-state index contributed by atoms with van der Waals surface area (Å²) in [7, 11) is 0. The molecule has 0 bridgehead atoms. The van der Waals surface area contributed by atoms with Gasteiger partial charge in [-0.2, -0.15) is 0 Å². The van der Waals surface area contributed by atoms with E-state index in [1.54, 1.807) is 0 Å². The van der Waals surface area contributed by atoms with Gasteiger partial charge in [0.1, 0.15) is 0 Å². The normalized spacial score (nSPS) is 9.25. The zero-order valence-electron chi connectivity index (χ0n) is 18.2. The van der Waals surface area contributed by atoms with Crippen LogP contribution in [-0.2, 0) is 4.79 Å². The summed E-state index contributed by atoms with van der Waals surface area (Å²) in [6.45, 7) is 3.66. The molecule has 0 rings (SSSR count). The Hall–Kier alpha value is -0.770. The zero-order chi connectivity index (χ0) is 22.3. The molecule has 0 aliphatic carbocycles. The molecule has 0 radical (unpaired) electrons. The van der Waals surface area contributed by atoms with Crippen molar-refractivity contribution in [2.45, 2.75) is 84.0 Å². The van der Waals surface area contributed by atoms with Gasteiger partial charge in [0, 0.05) is 26.1 Å². The highest BCUT2D eigenvalue weighted by atomic mass is 16.4. The molecule has 0 spiro atoms. The number of aliphatic hydroxyl groups excluding tert-OH is 3. The number of carboxylic acid groups (broad SMARTS) is 1. The van der Waals surface area contributed by atoms with Crippen LogP contribution in [0.4, 0.5) is 0 Å². The number of unbranched alkanes of at least 4 members (excludes halogenated alkanes) is 10. The van der Waals surface area contributed by atoms with Crippen LogP contribution in [0.2, 0.25) is 0 Å². The van der Waals surface area contributed by atoms with Gasteiger partial charge in [-0.05, 0) is 6.42 Å². The Kier molecular flexibility index (Phi) is 50.6. The monoisotopic (exact) mass is 411 g/mol. The molecule has 0 fully saturated rings. The highest BCUT2D eigenvalue weighted by molar-refractivity contribution is 5.66. The minimum Gasteiger partial charge on any atom is -0.481 e. The molecule has 0 unspecified atom stereocenters. The minimum atomic E-state index is -0.657. The molecule has 8 heteroatoms. The van der Waals surface area contributed by atoms with E-state index in [2.05, 4.69) is 6.92 Å². The quantitative estimate of drug-likeness (QED) is 0.199. The van der Waals surface area contributed by atoms with Gasteiger partial charge in [0.2, 0.25) is 0 Å². The summed E-state index contributed by atoms with van der Waals surface area (Å²) in [6, 6.07) is 0. The summed E-state index contributed by atoms with van der Waals surface area (Å²) in [6.07, 6.45) is 14.4. The second-order valence-corrected chi connectivity index (χ2v) is 6.22. The Balaban J connectivity index is -0.000000195. The highest BCUT2D eigenvalue weighted by Crippen LogP contribution is 2.11. The molecule has 0 aromatic heterocycles. The van der Waals surface area contributed by atoms with Crippen LogP contribution in [-0.4, -0.2) is 65.9 Å². The van der Waals surface area contributed by atoms with Crippen molar-refractivity contribution in [3.63, 3.8) is 0 Å². The number of aliphatic carboxylic acids is 1. The summed E-state index contributed by atoms with van der Waals surface area (Å²) < 4.78 is 0. The van der Waals surface area contributed by atoms with E-state index in [9.17, 15) is 4.79 Å². The van der Waals surface area contributed by atoms with E-state index < -0.39 is 5.97 Å². The second kappa shape index (κ2) is 40.8. The third-order valence-electron chi connectivity index (χ3n) is 3.38. The van der Waals surface area contributed by atoms with Crippen molar-refractivity contribution in [1.82, 2.24) is 0 Å². The van der Waals surface area contributed by atoms with Crippen LogP contribution >= 0.6 is 0 Å². The SMILES string of the molecule is CCCCCCCCCCCCCC(=O)O.NCCO.NCCO.NCCO. The lowest BCUT2D eigenvalue weighted by Gasteiger charge is -2.01. The topological polar surface area (TPSA) is 176 Å². The van der Waals surface area contributed by atoms with E-state index in [1.165, 1.54) is 57.8 Å². The van der Waals surface area contributed by atoms with Crippen LogP contribution in [0.25, 0.3) is 0 Å². The maximum Gasteiger partial charge on any atom is 0.303 e. The Morgan fingerprint density at radius 3 is 1.07 bits per heavy atom. The molecule has 174 valence electrons. The fraction of sp³-hybridized carbons (Fsp3) is 0.950. The van der Waals surface area contributed by atoms with Gasteiger partial charge in [-0.25, -0.2) is 0 Å². The van der Waals surface area contributed by atoms with Crippen LogP contribution in [0, 0.1) is 0 Å². The van der Waals surface area contributed by atoms with E-state index in [0.29, 0.717) is 26.1 Å². The van der Waals surface area contributed by atoms with E-state index in [4.69, 9.17) is 37.6 Å². The first kappa shape index (κ1) is 34.7. The summed E-state index contributed by atoms with van der Waals surface area (Å²) in [5.74, 6) is -0.657. The van der Waals surface area contributed by atoms with Crippen LogP contribution in [0.3, 0.4) is 0 Å². The zero-order valence-corrected chi connectivity index (χ0v) is 18.2. The summed E-state index contributed by atoms with van der Waals surface area (Å²) in [5.41, 5.74) is 14.3. The van der Waals surface area contributed by atoms with E-state index in [-0.39, 0.29) is 19.8 Å². The molecule has 0 aromatic rings. The molecule has 0 heterocycles. The first-order valence-electron chi connectivity index (χ1n) is 10.7. The molecule has 0 saturated carbocycles. The van der Waals surface area contributed by atoms with Crippen molar-refractivity contribution in [3.8, 4) is 0 Å². The summed E-state index contributed by atoms with van der Waals surface area (Å²) >= 11 is 0. The molecule has 0 amide bonds. The largest absolute Gasteiger partial charge is 0.481 e. The Labute approximate surface area is 172 Å². The molecule has 0 aliphatic heterocycles. The lowest BCUT2D eigenvalue weighted by atomic mass is 10.1. The number of carbonyl (C=O) groups is 1. The van der Waals surface area contributed by atoms with Gasteiger partial charge in [-0.3, -0.25) is 4.79 Å². The fourth-order valence-corrected chi connectivity index (χ4v) is 1.94. The molecule has 0 aromatic carbocycles. The molecule has 0 aliphatic rings. The first-order chi connectivity index (χ1) is 13.5. The fourth-order valence-electron chi connectivity index (χ4n) is 1.94. The first-order valence-corrected chi connectivity index (χ1v) is 10.7. The van der Waals surface area contributed by atoms with Crippen LogP contribution in [0.5, 0.6) is 0 Å². The van der Waals surface area contributed by atoms with Crippen molar-refractivity contribution in [3.05, 3.63) is 0 Å². The van der Waals surface area contributed by atoms with E-state index in [0.717, 1.165) is 12.8 Å². The van der Waals surface area contributed by atoms with E-state index >= 15 is 0 Å². The van der Waals surface area contributed by atoms with Gasteiger partial charge in [-0.1, -0.05) is 71.1 Å². The van der Waals surface area contributed by atoms with Crippen LogP contribution in [0.1, 0.15) is 84.0 Å². The number of rotatable bonds is 15. The lowest BCUT2D eigenvalue weighted by Crippen LogP contribution is -2.02. The Morgan fingerprint density at radius 2 is 0.857 bits per heavy atom. The molecule has 28 heavy (non-hydrogen) atoms. The third-order valence-corrected chi connectivity index (χ3v) is 3.38. The maximum absolute atomic E-state index is 10.3. The van der Waals surface area contributed by atoms with Gasteiger partial charge >= 0.3 is 5.97 Å². The number of hydrogen-bond acceptors (Lipinski definition) is 7. The van der Waals surface area contributed by atoms with Crippen molar-refractivity contribution in [2.24, 2.45) is 17.2 Å². The van der Waals surface area contributed by atoms with Crippen molar-refractivity contribution in [1.29, 1.82) is 0 Å². The number of carboxylic acids is 1. The third kappa shape index (κ3) is 63.9. The van der Waals surface area contributed by atoms with Gasteiger partial charge in [-0.15, -0.1) is 0 Å². The summed E-state index contributed by atoms with van der Waals surface area (Å²) in [5, 5.41) is 31.7. The van der Waals surface area contributed by atoms with Crippen LogP contribution in [0.15, 0.2) is 0 Å². The molecular formula is C20H49N3O5. The number of nitrogens with two attached hydrogens (primary N) is 3. The van der Waals surface area contributed by atoms with Crippen molar-refractivity contribution >= 4 is 5.97 Å². The number of hydrogen-bond donors (Lipinski definition) is 7. The highest BCUT2D eigenvalue weighted by Gasteiger charge is 1.96. The molecular weight excluding hydrogens is 362 g/mol. The average Bonchev–Trinajstić information content (AvgIpc) is 2.72. The van der Waals surface area contributed by atoms with Gasteiger partial charge in [0.05, 0.1) is 19.8 Å². The number of aliphatic hydroxyl groups is 3. The van der Waals surface area contributed by atoms with Gasteiger partial charge in [0.25, 0.3) is 0 Å². The predicted molar refractivity (Wildman–Crippen MR) is 117 cm³/mol. The minimum absolute atomic E-state index is 0.0972. The average molecular weight is 412 g/mol. The molecule has 0 saturated heterocycles. The van der Waals surface area contributed by atoms with Crippen molar-refractivity contribution < 1.29 is 25.2 Å². The predicted octanol–water partition coefficient (Wildman–Crippen LogP) is 1.58. The Bertz CT molecular complexity index is 232. The molecule has 10 N–H and O–H groups in total. The van der Waals surface area contributed by atoms with Crippen LogP contribution < -0.4 is 17.2 Å². The maximum atomic E-state index is 10.3. The molecule has 8 nitrogen and oxygen atoms in total. The lowest BCUT2D eigenvalue weighted by molar-refractivity contribution is -0.137. The second-order valence-electron chi connectivity index (χ2n) is 6.22. The van der Waals surface area contributed by atoms with Gasteiger partial charge < -0.3 is 37.6 Å². The smallest absolute Gasteiger partial charge is 0.303 e. The van der Waals surface area contributed by atoms with Crippen molar-refractivity contribution in [2.75, 3.05) is 39.5 Å². The van der Waals surface area contributed by atoms with Gasteiger partial charge in [0.15, 0.2) is 0 Å². The molecule has 0 atom stereocenters.